The van der Waals surface area contributed by atoms with Gasteiger partial charge < -0.3 is 25.4 Å². The normalized spacial score (nSPS) is 11.8. The van der Waals surface area contributed by atoms with E-state index in [0.717, 1.165) is 16.4 Å². The second-order valence-corrected chi connectivity index (χ2v) is 6.12. The Hall–Kier alpha value is -4.26. The van der Waals surface area contributed by atoms with E-state index in [2.05, 4.69) is 28.2 Å². The molecule has 0 fully saturated rings. The molecule has 0 spiro atoms. The summed E-state index contributed by atoms with van der Waals surface area (Å²) in [5.41, 5.74) is 2.69. The Labute approximate surface area is 176 Å². The molecule has 2 aromatic heterocycles. The Balaban J connectivity index is 0.000000166. The van der Waals surface area contributed by atoms with Crippen molar-refractivity contribution in [2.45, 2.75) is 12.2 Å². The van der Waals surface area contributed by atoms with Crippen molar-refractivity contribution in [3.63, 3.8) is 0 Å². The summed E-state index contributed by atoms with van der Waals surface area (Å²) in [6.07, 6.45) is -0.886. The van der Waals surface area contributed by atoms with E-state index in [9.17, 15) is 9.59 Å². The lowest BCUT2D eigenvalue weighted by Gasteiger charge is -2.07. The molecule has 5 N–H and O–H groups in total. The topological polar surface area (TPSA) is 168 Å². The molecule has 2 aromatic carbocycles. The van der Waals surface area contributed by atoms with Crippen molar-refractivity contribution in [2.24, 2.45) is 0 Å². The predicted octanol–water partition coefficient (Wildman–Crippen LogP) is 2.15. The van der Waals surface area contributed by atoms with Gasteiger partial charge in [-0.2, -0.15) is 5.26 Å². The second-order valence-electron chi connectivity index (χ2n) is 6.12. The number of aromatic nitrogens is 2. The quantitative estimate of drug-likeness (QED) is 0.335. The fourth-order valence-corrected chi connectivity index (χ4v) is 2.46. The molecule has 158 valence electrons. The van der Waals surface area contributed by atoms with Gasteiger partial charge in [0.25, 0.3) is 0 Å². The molecular formula is C22H19N3O6. The Morgan fingerprint density at radius 2 is 1.48 bits per heavy atom. The number of aliphatic hydroxyl groups is 2. The van der Waals surface area contributed by atoms with E-state index in [1.54, 1.807) is 6.07 Å². The average Bonchev–Trinajstić information content (AvgIpc) is 3.28. The third kappa shape index (κ3) is 6.37. The fourth-order valence-electron chi connectivity index (χ4n) is 2.46. The van der Waals surface area contributed by atoms with E-state index in [4.69, 9.17) is 25.7 Å². The second kappa shape index (κ2) is 11.1. The minimum Gasteiger partial charge on any atom is -0.479 e. The van der Waals surface area contributed by atoms with Crippen LogP contribution in [0.5, 0.6) is 0 Å². The molecule has 0 amide bonds. The number of carbonyl (C=O) groups is 2. The monoisotopic (exact) mass is 421 g/mol. The number of carboxylic acids is 2. The molecule has 9 heteroatoms. The van der Waals surface area contributed by atoms with Crippen LogP contribution in [0.15, 0.2) is 73.1 Å². The standard InChI is InChI=1S/C9H6N2.C9H7N.C4H6O6/c10-6-8-3-1-2-7-4-5-11-9(7)8;1-2-6-9-8(4-1)5-3-7-10-9;5-1(3(7)8)2(6)4(9)10/h1-5,11H;1-7H;1-2,5-6H,(H,7,8)(H,9,10)/t;;1-,2-/m..1/s1. The number of carboxylic acid groups (broad SMARTS) is 2. The van der Waals surface area contributed by atoms with Gasteiger partial charge in [-0.1, -0.05) is 36.4 Å². The number of para-hydroxylation sites is 2. The first-order valence-corrected chi connectivity index (χ1v) is 8.93. The number of hydrogen-bond acceptors (Lipinski definition) is 6. The Morgan fingerprint density at radius 1 is 0.871 bits per heavy atom. The van der Waals surface area contributed by atoms with Gasteiger partial charge in [-0.15, -0.1) is 0 Å². The van der Waals surface area contributed by atoms with E-state index in [1.807, 2.05) is 54.9 Å². The lowest BCUT2D eigenvalue weighted by molar-refractivity contribution is -0.165. The number of nitriles is 1. The predicted molar refractivity (Wildman–Crippen MR) is 112 cm³/mol. The lowest BCUT2D eigenvalue weighted by Crippen LogP contribution is -2.39. The van der Waals surface area contributed by atoms with Gasteiger partial charge in [0, 0.05) is 23.2 Å². The van der Waals surface area contributed by atoms with E-state index in [1.165, 1.54) is 5.39 Å². The molecule has 2 heterocycles. The number of nitrogens with zero attached hydrogens (tertiary/aromatic N) is 2. The highest BCUT2D eigenvalue weighted by Crippen LogP contribution is 2.15. The van der Waals surface area contributed by atoms with Gasteiger partial charge in [-0.25, -0.2) is 9.59 Å². The van der Waals surface area contributed by atoms with Crippen LogP contribution >= 0.6 is 0 Å². The Kier molecular flexibility index (Phi) is 8.22. The maximum Gasteiger partial charge on any atom is 0.335 e. The first-order valence-electron chi connectivity index (χ1n) is 8.93. The molecule has 0 radical (unpaired) electrons. The maximum atomic E-state index is 9.77. The van der Waals surface area contributed by atoms with Crippen molar-refractivity contribution < 1.29 is 30.0 Å². The minimum atomic E-state index is -2.27. The van der Waals surface area contributed by atoms with E-state index in [0.29, 0.717) is 5.56 Å². The number of benzene rings is 2. The number of aromatic amines is 1. The largest absolute Gasteiger partial charge is 0.479 e. The van der Waals surface area contributed by atoms with Crippen molar-refractivity contribution in [3.8, 4) is 6.07 Å². The van der Waals surface area contributed by atoms with Crippen molar-refractivity contribution >= 4 is 33.7 Å². The molecule has 0 saturated heterocycles. The minimum absolute atomic E-state index is 0.701. The zero-order valence-electron chi connectivity index (χ0n) is 16.1. The molecule has 31 heavy (non-hydrogen) atoms. The van der Waals surface area contributed by atoms with Crippen LogP contribution in [-0.4, -0.2) is 54.5 Å². The molecule has 4 rings (SSSR count). The van der Waals surface area contributed by atoms with Crippen molar-refractivity contribution in [1.29, 1.82) is 5.26 Å². The van der Waals surface area contributed by atoms with Crippen LogP contribution < -0.4 is 0 Å². The van der Waals surface area contributed by atoms with Gasteiger partial charge in [0.05, 0.1) is 16.6 Å². The van der Waals surface area contributed by atoms with Gasteiger partial charge >= 0.3 is 11.9 Å². The van der Waals surface area contributed by atoms with Crippen LogP contribution in [0, 0.1) is 11.3 Å². The number of nitrogens with one attached hydrogen (secondary N) is 1. The number of fused-ring (bicyclic) bond motifs is 2. The summed E-state index contributed by atoms with van der Waals surface area (Å²) in [6, 6.07) is 21.8. The molecule has 2 atom stereocenters. The molecule has 9 nitrogen and oxygen atoms in total. The van der Waals surface area contributed by atoms with Gasteiger partial charge in [0.15, 0.2) is 12.2 Å². The molecule has 0 aliphatic rings. The summed E-state index contributed by atoms with van der Waals surface area (Å²) >= 11 is 0. The zero-order chi connectivity index (χ0) is 22.8. The Bertz CT molecular complexity index is 1130. The molecule has 4 aromatic rings. The summed E-state index contributed by atoms with van der Waals surface area (Å²) in [6.45, 7) is 0. The molecule has 0 aliphatic heterocycles. The summed E-state index contributed by atoms with van der Waals surface area (Å²) in [5, 5.41) is 43.5. The van der Waals surface area contributed by atoms with Crippen LogP contribution in [0.4, 0.5) is 0 Å². The van der Waals surface area contributed by atoms with E-state index < -0.39 is 24.1 Å². The third-order valence-corrected chi connectivity index (χ3v) is 4.03. The van der Waals surface area contributed by atoms with E-state index >= 15 is 0 Å². The molecule has 0 saturated carbocycles. The zero-order valence-corrected chi connectivity index (χ0v) is 16.1. The van der Waals surface area contributed by atoms with Crippen molar-refractivity contribution in [1.82, 2.24) is 9.97 Å². The van der Waals surface area contributed by atoms with Crippen LogP contribution in [0.2, 0.25) is 0 Å². The van der Waals surface area contributed by atoms with Gasteiger partial charge in [-0.3, -0.25) is 4.98 Å². The van der Waals surface area contributed by atoms with Gasteiger partial charge in [0.2, 0.25) is 0 Å². The Morgan fingerprint density at radius 3 is 2.10 bits per heavy atom. The summed E-state index contributed by atoms with van der Waals surface area (Å²) in [5.74, 6) is -3.54. The van der Waals surface area contributed by atoms with Crippen LogP contribution in [0.1, 0.15) is 5.56 Å². The maximum absolute atomic E-state index is 9.77. The molecular weight excluding hydrogens is 402 g/mol. The summed E-state index contributed by atoms with van der Waals surface area (Å²) in [4.78, 5) is 26.7. The summed E-state index contributed by atoms with van der Waals surface area (Å²) < 4.78 is 0. The number of H-pyrrole nitrogens is 1. The van der Waals surface area contributed by atoms with E-state index in [-0.39, 0.29) is 0 Å². The highest BCUT2D eigenvalue weighted by Gasteiger charge is 2.29. The number of aliphatic hydroxyl groups excluding tert-OH is 2. The number of rotatable bonds is 3. The van der Waals surface area contributed by atoms with Crippen LogP contribution in [0.3, 0.4) is 0 Å². The molecule has 0 bridgehead atoms. The SMILES string of the molecule is N#Cc1cccc2cc[nH]c12.O=C(O)[C@H](O)[C@@H](O)C(=O)O.c1ccc2ncccc2c1. The lowest BCUT2D eigenvalue weighted by atomic mass is 10.2. The third-order valence-electron chi connectivity index (χ3n) is 4.03. The molecule has 0 unspecified atom stereocenters. The first kappa shape index (κ1) is 23.0. The number of pyridine rings is 1. The van der Waals surface area contributed by atoms with Crippen LogP contribution in [0.25, 0.3) is 21.8 Å². The summed E-state index contributed by atoms with van der Waals surface area (Å²) in [7, 11) is 0. The first-order chi connectivity index (χ1) is 14.8. The molecule has 0 aliphatic carbocycles. The van der Waals surface area contributed by atoms with Crippen molar-refractivity contribution in [2.75, 3.05) is 0 Å². The highest BCUT2D eigenvalue weighted by molar-refractivity contribution is 5.84. The van der Waals surface area contributed by atoms with Gasteiger partial charge in [-0.05, 0) is 24.3 Å². The van der Waals surface area contributed by atoms with Gasteiger partial charge in [0.1, 0.15) is 6.07 Å². The average molecular weight is 421 g/mol. The smallest absolute Gasteiger partial charge is 0.335 e. The number of aliphatic carboxylic acids is 2. The number of hydrogen-bond donors (Lipinski definition) is 5. The van der Waals surface area contributed by atoms with Crippen molar-refractivity contribution in [3.05, 3.63) is 78.6 Å². The fraction of sp³-hybridized carbons (Fsp3) is 0.0909. The van der Waals surface area contributed by atoms with Crippen LogP contribution in [-0.2, 0) is 9.59 Å². The highest BCUT2D eigenvalue weighted by atomic mass is 16.4.